The van der Waals surface area contributed by atoms with E-state index in [-0.39, 0.29) is 5.41 Å². The minimum Gasteiger partial charge on any atom is -0.456 e. The predicted molar refractivity (Wildman–Crippen MR) is 77.2 cm³/mol. The van der Waals surface area contributed by atoms with Crippen LogP contribution in [0.3, 0.4) is 0 Å². The van der Waals surface area contributed by atoms with E-state index in [4.69, 9.17) is 4.74 Å². The Hall–Kier alpha value is -1.35. The van der Waals surface area contributed by atoms with Crippen molar-refractivity contribution in [3.63, 3.8) is 0 Å². The maximum absolute atomic E-state index is 5.79. The smallest absolute Gasteiger partial charge is 0.144 e. The van der Waals surface area contributed by atoms with Crippen molar-refractivity contribution in [2.75, 3.05) is 0 Å². The van der Waals surface area contributed by atoms with E-state index in [2.05, 4.69) is 53.8 Å². The molecule has 0 radical (unpaired) electrons. The molecule has 0 fully saturated rings. The zero-order chi connectivity index (χ0) is 13.2. The lowest BCUT2D eigenvalue weighted by atomic mass is 9.87. The first-order valence-corrected chi connectivity index (χ1v) is 6.64. The van der Waals surface area contributed by atoms with Crippen molar-refractivity contribution >= 4 is 15.9 Å². The zero-order valence-corrected chi connectivity index (χ0v) is 12.4. The molecule has 0 bridgehead atoms. The minimum absolute atomic E-state index is 0.162. The fourth-order valence-electron chi connectivity index (χ4n) is 1.60. The number of rotatable bonds is 2. The van der Waals surface area contributed by atoms with Crippen LogP contribution in [0.4, 0.5) is 0 Å². The number of hydrogen-bond donors (Lipinski definition) is 0. The van der Waals surface area contributed by atoms with Crippen LogP contribution in [-0.2, 0) is 5.41 Å². The molecule has 2 nitrogen and oxygen atoms in total. The van der Waals surface area contributed by atoms with Crippen LogP contribution in [0.25, 0.3) is 0 Å². The summed E-state index contributed by atoms with van der Waals surface area (Å²) in [5.74, 6) is 1.60. The summed E-state index contributed by atoms with van der Waals surface area (Å²) in [7, 11) is 0. The van der Waals surface area contributed by atoms with E-state index in [1.54, 1.807) is 12.4 Å². The van der Waals surface area contributed by atoms with Gasteiger partial charge in [0.25, 0.3) is 0 Å². The minimum atomic E-state index is 0.162. The second-order valence-electron chi connectivity index (χ2n) is 5.18. The average molecular weight is 306 g/mol. The van der Waals surface area contributed by atoms with Gasteiger partial charge >= 0.3 is 0 Å². The number of halogens is 1. The Morgan fingerprint density at radius 3 is 2.28 bits per heavy atom. The van der Waals surface area contributed by atoms with Crippen molar-refractivity contribution in [2.24, 2.45) is 0 Å². The fraction of sp³-hybridized carbons (Fsp3) is 0.267. The highest BCUT2D eigenvalue weighted by Gasteiger charge is 2.13. The van der Waals surface area contributed by atoms with E-state index >= 15 is 0 Å². The second-order valence-corrected chi connectivity index (χ2v) is 6.04. The second kappa shape index (κ2) is 5.11. The average Bonchev–Trinajstić information content (AvgIpc) is 2.32. The van der Waals surface area contributed by atoms with Crippen LogP contribution in [0, 0.1) is 0 Å². The number of aromatic nitrogens is 1. The normalized spacial score (nSPS) is 11.3. The van der Waals surface area contributed by atoms with Gasteiger partial charge in [-0.15, -0.1) is 0 Å². The summed E-state index contributed by atoms with van der Waals surface area (Å²) in [6.45, 7) is 6.59. The summed E-state index contributed by atoms with van der Waals surface area (Å²) >= 11 is 3.41. The van der Waals surface area contributed by atoms with E-state index in [1.807, 2.05) is 18.2 Å². The summed E-state index contributed by atoms with van der Waals surface area (Å²) < 4.78 is 6.64. The molecule has 0 aliphatic heterocycles. The molecule has 1 heterocycles. The zero-order valence-electron chi connectivity index (χ0n) is 10.8. The van der Waals surface area contributed by atoms with Crippen molar-refractivity contribution in [1.29, 1.82) is 0 Å². The Kier molecular flexibility index (Phi) is 3.71. The first-order valence-electron chi connectivity index (χ1n) is 5.85. The number of nitrogens with zero attached hydrogens (tertiary/aromatic N) is 1. The quantitative estimate of drug-likeness (QED) is 0.784. The Labute approximate surface area is 116 Å². The van der Waals surface area contributed by atoms with Gasteiger partial charge in [0, 0.05) is 18.5 Å². The van der Waals surface area contributed by atoms with Gasteiger partial charge in [0.2, 0.25) is 0 Å². The lowest BCUT2D eigenvalue weighted by molar-refractivity contribution is 0.477. The van der Waals surface area contributed by atoms with Crippen molar-refractivity contribution in [3.05, 3.63) is 52.8 Å². The van der Waals surface area contributed by atoms with E-state index < -0.39 is 0 Å². The standard InChI is InChI=1S/C15H16BrNO/c1-15(2,3)11-4-6-12(7-5-11)18-14-8-9-17-10-13(14)16/h4-10H,1-3H3. The molecule has 0 atom stereocenters. The summed E-state index contributed by atoms with van der Waals surface area (Å²) in [5, 5.41) is 0. The van der Waals surface area contributed by atoms with Crippen LogP contribution < -0.4 is 4.74 Å². The lowest BCUT2D eigenvalue weighted by Crippen LogP contribution is -2.10. The van der Waals surface area contributed by atoms with Gasteiger partial charge in [-0.05, 0) is 39.0 Å². The fourth-order valence-corrected chi connectivity index (χ4v) is 1.93. The summed E-state index contributed by atoms with van der Waals surface area (Å²) in [4.78, 5) is 4.01. The molecule has 0 amide bonds. The van der Waals surface area contributed by atoms with Gasteiger partial charge in [-0.3, -0.25) is 4.98 Å². The van der Waals surface area contributed by atoms with Crippen LogP contribution in [-0.4, -0.2) is 4.98 Å². The highest BCUT2D eigenvalue weighted by atomic mass is 79.9. The van der Waals surface area contributed by atoms with Crippen molar-refractivity contribution < 1.29 is 4.74 Å². The van der Waals surface area contributed by atoms with Gasteiger partial charge in [0.15, 0.2) is 0 Å². The van der Waals surface area contributed by atoms with Gasteiger partial charge < -0.3 is 4.74 Å². The molecule has 0 aliphatic carbocycles. The van der Waals surface area contributed by atoms with Gasteiger partial charge in [-0.2, -0.15) is 0 Å². The Morgan fingerprint density at radius 1 is 1.06 bits per heavy atom. The van der Waals surface area contributed by atoms with Gasteiger partial charge in [0.1, 0.15) is 11.5 Å². The Morgan fingerprint density at radius 2 is 1.72 bits per heavy atom. The first kappa shape index (κ1) is 13.1. The lowest BCUT2D eigenvalue weighted by Gasteiger charge is -2.19. The maximum Gasteiger partial charge on any atom is 0.144 e. The molecule has 3 heteroatoms. The van der Waals surface area contributed by atoms with E-state index in [0.717, 1.165) is 16.0 Å². The first-order chi connectivity index (χ1) is 8.47. The van der Waals surface area contributed by atoms with Crippen molar-refractivity contribution in [1.82, 2.24) is 4.98 Å². The third-order valence-corrected chi connectivity index (χ3v) is 3.28. The van der Waals surface area contributed by atoms with Crippen LogP contribution in [0.5, 0.6) is 11.5 Å². The Balaban J connectivity index is 2.19. The molecule has 2 rings (SSSR count). The molecule has 0 saturated carbocycles. The molecule has 0 N–H and O–H groups in total. The monoisotopic (exact) mass is 305 g/mol. The third-order valence-electron chi connectivity index (χ3n) is 2.68. The number of pyridine rings is 1. The van der Waals surface area contributed by atoms with E-state index in [0.29, 0.717) is 0 Å². The molecule has 0 unspecified atom stereocenters. The summed E-state index contributed by atoms with van der Waals surface area (Å²) in [6, 6.07) is 10.0. The molecular formula is C15H16BrNO. The van der Waals surface area contributed by atoms with Crippen LogP contribution in [0.15, 0.2) is 47.2 Å². The summed E-state index contributed by atoms with van der Waals surface area (Å²) in [6.07, 6.45) is 3.43. The summed E-state index contributed by atoms with van der Waals surface area (Å²) in [5.41, 5.74) is 1.46. The topological polar surface area (TPSA) is 22.1 Å². The highest BCUT2D eigenvalue weighted by Crippen LogP contribution is 2.30. The molecule has 2 aromatic rings. The molecule has 1 aromatic carbocycles. The van der Waals surface area contributed by atoms with Gasteiger partial charge in [-0.1, -0.05) is 32.9 Å². The van der Waals surface area contributed by atoms with Crippen LogP contribution >= 0.6 is 15.9 Å². The highest BCUT2D eigenvalue weighted by molar-refractivity contribution is 9.10. The molecule has 18 heavy (non-hydrogen) atoms. The number of ether oxygens (including phenoxy) is 1. The molecule has 1 aromatic heterocycles. The Bertz CT molecular complexity index is 529. The largest absolute Gasteiger partial charge is 0.456 e. The number of benzene rings is 1. The van der Waals surface area contributed by atoms with E-state index in [9.17, 15) is 0 Å². The molecule has 0 spiro atoms. The SMILES string of the molecule is CC(C)(C)c1ccc(Oc2ccncc2Br)cc1. The maximum atomic E-state index is 5.79. The number of hydrogen-bond acceptors (Lipinski definition) is 2. The third kappa shape index (κ3) is 3.10. The molecule has 94 valence electrons. The van der Waals surface area contributed by atoms with Gasteiger partial charge in [0.05, 0.1) is 4.47 Å². The molecular weight excluding hydrogens is 290 g/mol. The van der Waals surface area contributed by atoms with Crippen molar-refractivity contribution in [2.45, 2.75) is 26.2 Å². The van der Waals surface area contributed by atoms with Gasteiger partial charge in [-0.25, -0.2) is 0 Å². The van der Waals surface area contributed by atoms with E-state index in [1.165, 1.54) is 5.56 Å². The molecule has 0 saturated heterocycles. The van der Waals surface area contributed by atoms with Crippen LogP contribution in [0.1, 0.15) is 26.3 Å². The predicted octanol–water partition coefficient (Wildman–Crippen LogP) is 4.93. The van der Waals surface area contributed by atoms with Crippen molar-refractivity contribution in [3.8, 4) is 11.5 Å². The molecule has 0 aliphatic rings. The van der Waals surface area contributed by atoms with Crippen LogP contribution in [0.2, 0.25) is 0 Å².